The van der Waals surface area contributed by atoms with E-state index in [4.69, 9.17) is 15.2 Å². The van der Waals surface area contributed by atoms with Gasteiger partial charge in [0.05, 0.1) is 20.1 Å². The standard InChI is InChI=1S/C17H25NO3/c1-20-16(19)11-14-7-3-4-8-15(14)21-13-17(12-18)9-5-2-6-10-17/h3-4,7-8H,2,5-6,9-13,18H2,1H3. The molecule has 1 aromatic rings. The highest BCUT2D eigenvalue weighted by atomic mass is 16.5. The highest BCUT2D eigenvalue weighted by molar-refractivity contribution is 5.73. The molecule has 0 saturated heterocycles. The van der Waals surface area contributed by atoms with Crippen molar-refractivity contribution in [3.8, 4) is 5.75 Å². The van der Waals surface area contributed by atoms with Crippen molar-refractivity contribution in [2.24, 2.45) is 11.1 Å². The molecule has 1 aromatic carbocycles. The Hall–Kier alpha value is -1.55. The number of carbonyl (C=O) groups is 1. The van der Waals surface area contributed by atoms with Gasteiger partial charge in [-0.3, -0.25) is 4.79 Å². The lowest BCUT2D eigenvalue weighted by atomic mass is 9.75. The van der Waals surface area contributed by atoms with Crippen molar-refractivity contribution in [2.45, 2.75) is 38.5 Å². The van der Waals surface area contributed by atoms with Crippen LogP contribution in [-0.4, -0.2) is 26.2 Å². The van der Waals surface area contributed by atoms with Gasteiger partial charge in [-0.05, 0) is 18.9 Å². The zero-order valence-electron chi connectivity index (χ0n) is 12.8. The molecular formula is C17H25NO3. The fraction of sp³-hybridized carbons (Fsp3) is 0.588. The molecule has 0 aliphatic heterocycles. The topological polar surface area (TPSA) is 61.5 Å². The van der Waals surface area contributed by atoms with Gasteiger partial charge in [-0.2, -0.15) is 0 Å². The van der Waals surface area contributed by atoms with Gasteiger partial charge in [0, 0.05) is 17.5 Å². The molecule has 1 saturated carbocycles. The van der Waals surface area contributed by atoms with E-state index >= 15 is 0 Å². The van der Waals surface area contributed by atoms with Gasteiger partial charge in [-0.15, -0.1) is 0 Å². The summed E-state index contributed by atoms with van der Waals surface area (Å²) in [5, 5.41) is 0. The van der Waals surface area contributed by atoms with Crippen LogP contribution in [-0.2, 0) is 16.0 Å². The molecule has 21 heavy (non-hydrogen) atoms. The van der Waals surface area contributed by atoms with Crippen LogP contribution in [0.15, 0.2) is 24.3 Å². The first-order chi connectivity index (χ1) is 10.2. The van der Waals surface area contributed by atoms with Crippen molar-refractivity contribution >= 4 is 5.97 Å². The van der Waals surface area contributed by atoms with E-state index in [1.807, 2.05) is 24.3 Å². The van der Waals surface area contributed by atoms with E-state index < -0.39 is 0 Å². The maximum Gasteiger partial charge on any atom is 0.310 e. The largest absolute Gasteiger partial charge is 0.493 e. The minimum absolute atomic E-state index is 0.0939. The predicted octanol–water partition coefficient (Wildman–Crippen LogP) is 2.69. The van der Waals surface area contributed by atoms with Crippen molar-refractivity contribution in [2.75, 3.05) is 20.3 Å². The first kappa shape index (κ1) is 15.8. The first-order valence-corrected chi connectivity index (χ1v) is 7.67. The zero-order chi connectivity index (χ0) is 15.1. The molecule has 0 heterocycles. The smallest absolute Gasteiger partial charge is 0.310 e. The SMILES string of the molecule is COC(=O)Cc1ccccc1OCC1(CN)CCCCC1. The fourth-order valence-corrected chi connectivity index (χ4v) is 2.96. The molecule has 0 spiro atoms. The summed E-state index contributed by atoms with van der Waals surface area (Å²) < 4.78 is 10.8. The third kappa shape index (κ3) is 4.21. The number of methoxy groups -OCH3 is 1. The van der Waals surface area contributed by atoms with Crippen LogP contribution in [0.4, 0.5) is 0 Å². The van der Waals surface area contributed by atoms with Crippen molar-refractivity contribution in [1.29, 1.82) is 0 Å². The second-order valence-electron chi connectivity index (χ2n) is 5.91. The van der Waals surface area contributed by atoms with Gasteiger partial charge in [0.15, 0.2) is 0 Å². The van der Waals surface area contributed by atoms with E-state index in [0.717, 1.165) is 24.2 Å². The Labute approximate surface area is 126 Å². The van der Waals surface area contributed by atoms with E-state index in [0.29, 0.717) is 13.2 Å². The molecule has 4 nitrogen and oxygen atoms in total. The maximum atomic E-state index is 11.5. The van der Waals surface area contributed by atoms with Gasteiger partial charge in [0.2, 0.25) is 0 Å². The number of carbonyl (C=O) groups excluding carboxylic acids is 1. The Kier molecular flexibility index (Phi) is 5.62. The Balaban J connectivity index is 2.03. The molecule has 0 radical (unpaired) electrons. The molecule has 0 bridgehead atoms. The minimum atomic E-state index is -0.253. The fourth-order valence-electron chi connectivity index (χ4n) is 2.96. The predicted molar refractivity (Wildman–Crippen MR) is 82.2 cm³/mol. The average molecular weight is 291 g/mol. The molecule has 0 unspecified atom stereocenters. The summed E-state index contributed by atoms with van der Waals surface area (Å²) in [5.74, 6) is 0.513. The second-order valence-corrected chi connectivity index (χ2v) is 5.91. The summed E-state index contributed by atoms with van der Waals surface area (Å²) in [6.45, 7) is 1.29. The number of nitrogens with two attached hydrogens (primary N) is 1. The molecule has 0 amide bonds. The molecule has 2 rings (SSSR count). The third-order valence-electron chi connectivity index (χ3n) is 4.42. The number of ether oxygens (including phenoxy) is 2. The number of esters is 1. The molecule has 1 aliphatic rings. The van der Waals surface area contributed by atoms with Crippen LogP contribution in [0, 0.1) is 5.41 Å². The quantitative estimate of drug-likeness (QED) is 0.819. The van der Waals surface area contributed by atoms with E-state index in [1.165, 1.54) is 26.4 Å². The normalized spacial score (nSPS) is 17.2. The number of hydrogen-bond acceptors (Lipinski definition) is 4. The van der Waals surface area contributed by atoms with Gasteiger partial charge in [0.25, 0.3) is 0 Å². The highest BCUT2D eigenvalue weighted by Gasteiger charge is 2.31. The van der Waals surface area contributed by atoms with Crippen LogP contribution in [0.3, 0.4) is 0 Å². The monoisotopic (exact) mass is 291 g/mol. The number of hydrogen-bond donors (Lipinski definition) is 1. The zero-order valence-corrected chi connectivity index (χ0v) is 12.8. The lowest BCUT2D eigenvalue weighted by Crippen LogP contribution is -2.38. The summed E-state index contributed by atoms with van der Waals surface area (Å²) in [4.78, 5) is 11.5. The van der Waals surface area contributed by atoms with E-state index in [2.05, 4.69) is 0 Å². The number of benzene rings is 1. The Morgan fingerprint density at radius 2 is 1.95 bits per heavy atom. The number of para-hydroxylation sites is 1. The summed E-state index contributed by atoms with van der Waals surface area (Å²) >= 11 is 0. The average Bonchev–Trinajstić information content (AvgIpc) is 2.55. The van der Waals surface area contributed by atoms with Gasteiger partial charge < -0.3 is 15.2 Å². The van der Waals surface area contributed by atoms with Crippen LogP contribution in [0.2, 0.25) is 0 Å². The van der Waals surface area contributed by atoms with E-state index in [1.54, 1.807) is 0 Å². The lowest BCUT2D eigenvalue weighted by Gasteiger charge is -2.36. The molecule has 4 heteroatoms. The Bertz CT molecular complexity index is 467. The molecule has 1 fully saturated rings. The molecule has 0 aromatic heterocycles. The van der Waals surface area contributed by atoms with Crippen LogP contribution in [0.5, 0.6) is 5.75 Å². The summed E-state index contributed by atoms with van der Waals surface area (Å²) in [7, 11) is 1.40. The summed E-state index contributed by atoms with van der Waals surface area (Å²) in [6, 6.07) is 7.64. The van der Waals surface area contributed by atoms with Crippen molar-refractivity contribution in [3.63, 3.8) is 0 Å². The van der Waals surface area contributed by atoms with E-state index in [9.17, 15) is 4.79 Å². The third-order valence-corrected chi connectivity index (χ3v) is 4.42. The van der Waals surface area contributed by atoms with Gasteiger partial charge in [-0.1, -0.05) is 37.5 Å². The van der Waals surface area contributed by atoms with Gasteiger partial charge in [-0.25, -0.2) is 0 Å². The first-order valence-electron chi connectivity index (χ1n) is 7.67. The van der Waals surface area contributed by atoms with Crippen LogP contribution in [0.1, 0.15) is 37.7 Å². The highest BCUT2D eigenvalue weighted by Crippen LogP contribution is 2.36. The molecule has 2 N–H and O–H groups in total. The number of rotatable bonds is 6. The Morgan fingerprint density at radius 3 is 2.62 bits per heavy atom. The van der Waals surface area contributed by atoms with Crippen molar-refractivity contribution in [3.05, 3.63) is 29.8 Å². The molecule has 116 valence electrons. The van der Waals surface area contributed by atoms with Crippen LogP contribution >= 0.6 is 0 Å². The van der Waals surface area contributed by atoms with E-state index in [-0.39, 0.29) is 17.8 Å². The summed E-state index contributed by atoms with van der Waals surface area (Å²) in [5.41, 5.74) is 6.95. The lowest BCUT2D eigenvalue weighted by molar-refractivity contribution is -0.139. The molecule has 0 atom stereocenters. The van der Waals surface area contributed by atoms with Gasteiger partial charge >= 0.3 is 5.97 Å². The van der Waals surface area contributed by atoms with Crippen molar-refractivity contribution < 1.29 is 14.3 Å². The second kappa shape index (κ2) is 7.46. The molecular weight excluding hydrogens is 266 g/mol. The minimum Gasteiger partial charge on any atom is -0.493 e. The summed E-state index contributed by atoms with van der Waals surface area (Å²) in [6.07, 6.45) is 6.24. The van der Waals surface area contributed by atoms with Crippen LogP contribution < -0.4 is 10.5 Å². The maximum absolute atomic E-state index is 11.5. The Morgan fingerprint density at radius 1 is 1.24 bits per heavy atom. The van der Waals surface area contributed by atoms with Gasteiger partial charge in [0.1, 0.15) is 5.75 Å². The van der Waals surface area contributed by atoms with Crippen LogP contribution in [0.25, 0.3) is 0 Å². The molecule has 1 aliphatic carbocycles. The van der Waals surface area contributed by atoms with Crippen molar-refractivity contribution in [1.82, 2.24) is 0 Å².